The molecule has 0 bridgehead atoms. The third-order valence-corrected chi connectivity index (χ3v) is 4.81. The van der Waals surface area contributed by atoms with E-state index in [4.69, 9.17) is 11.6 Å². The maximum atomic E-state index is 12.0. The van der Waals surface area contributed by atoms with E-state index in [0.29, 0.717) is 10.7 Å². The molecule has 5 heteroatoms. The normalized spacial score (nSPS) is 17.1. The molecular formula is C20H24ClN3O. The van der Waals surface area contributed by atoms with E-state index >= 15 is 0 Å². The molecule has 2 amide bonds. The van der Waals surface area contributed by atoms with Crippen LogP contribution in [-0.2, 0) is 6.42 Å². The molecule has 2 aromatic carbocycles. The zero-order chi connectivity index (χ0) is 17.5. The minimum Gasteiger partial charge on any atom is -0.316 e. The zero-order valence-corrected chi connectivity index (χ0v) is 15.0. The number of hydrogen-bond acceptors (Lipinski definition) is 2. The lowest BCUT2D eigenvalue weighted by atomic mass is 9.93. The summed E-state index contributed by atoms with van der Waals surface area (Å²) in [6, 6.07) is 14.9. The standard InChI is InChI=1S/C20H24ClN3O/c21-17-7-11-19(12-8-17)24-20(25)23-18-9-5-15(6-10-18)3-4-16-2-1-13-22-14-16/h5-12,16,22H,1-4,13-14H2,(H2,23,24,25). The predicted octanol–water partition coefficient (Wildman–Crippen LogP) is 4.92. The summed E-state index contributed by atoms with van der Waals surface area (Å²) in [5.74, 6) is 0.789. The van der Waals surface area contributed by atoms with Gasteiger partial charge in [-0.25, -0.2) is 4.79 Å². The van der Waals surface area contributed by atoms with Crippen LogP contribution in [0.5, 0.6) is 0 Å². The third-order valence-electron chi connectivity index (χ3n) is 4.55. The van der Waals surface area contributed by atoms with E-state index < -0.39 is 0 Å². The highest BCUT2D eigenvalue weighted by atomic mass is 35.5. The number of carbonyl (C=O) groups excluding carboxylic acids is 1. The van der Waals surface area contributed by atoms with Crippen molar-refractivity contribution < 1.29 is 4.79 Å². The van der Waals surface area contributed by atoms with E-state index in [1.54, 1.807) is 24.3 Å². The lowest BCUT2D eigenvalue weighted by molar-refractivity contribution is 0.262. The summed E-state index contributed by atoms with van der Waals surface area (Å²) >= 11 is 5.84. The first-order chi connectivity index (χ1) is 12.2. The molecule has 25 heavy (non-hydrogen) atoms. The van der Waals surface area contributed by atoms with Gasteiger partial charge < -0.3 is 16.0 Å². The highest BCUT2D eigenvalue weighted by Crippen LogP contribution is 2.19. The Morgan fingerprint density at radius 3 is 2.28 bits per heavy atom. The number of piperidine rings is 1. The first-order valence-corrected chi connectivity index (χ1v) is 9.20. The van der Waals surface area contributed by atoms with Crippen molar-refractivity contribution in [3.05, 3.63) is 59.1 Å². The molecule has 0 radical (unpaired) electrons. The summed E-state index contributed by atoms with van der Waals surface area (Å²) < 4.78 is 0. The van der Waals surface area contributed by atoms with Crippen LogP contribution >= 0.6 is 11.6 Å². The molecule has 1 aliphatic heterocycles. The van der Waals surface area contributed by atoms with Crippen LogP contribution in [0.1, 0.15) is 24.8 Å². The van der Waals surface area contributed by atoms with Crippen LogP contribution in [0.4, 0.5) is 16.2 Å². The van der Waals surface area contributed by atoms with Crippen LogP contribution in [0, 0.1) is 5.92 Å². The molecule has 0 spiro atoms. The summed E-state index contributed by atoms with van der Waals surface area (Å²) in [7, 11) is 0. The molecule has 2 aromatic rings. The van der Waals surface area contributed by atoms with E-state index in [-0.39, 0.29) is 6.03 Å². The van der Waals surface area contributed by atoms with Gasteiger partial charge in [0, 0.05) is 16.4 Å². The molecule has 1 fully saturated rings. The molecule has 4 nitrogen and oxygen atoms in total. The van der Waals surface area contributed by atoms with Crippen molar-refractivity contribution in [2.75, 3.05) is 23.7 Å². The number of halogens is 1. The van der Waals surface area contributed by atoms with Crippen molar-refractivity contribution in [1.82, 2.24) is 5.32 Å². The van der Waals surface area contributed by atoms with E-state index in [0.717, 1.165) is 31.1 Å². The highest BCUT2D eigenvalue weighted by molar-refractivity contribution is 6.30. The third kappa shape index (κ3) is 5.76. The second-order valence-electron chi connectivity index (χ2n) is 6.53. The van der Waals surface area contributed by atoms with Gasteiger partial charge in [0.25, 0.3) is 0 Å². The van der Waals surface area contributed by atoms with Crippen molar-refractivity contribution in [1.29, 1.82) is 0 Å². The van der Waals surface area contributed by atoms with Gasteiger partial charge in [0.05, 0.1) is 0 Å². The highest BCUT2D eigenvalue weighted by Gasteiger charge is 2.12. The summed E-state index contributed by atoms with van der Waals surface area (Å²) in [5.41, 5.74) is 2.81. The number of aryl methyl sites for hydroxylation is 1. The fourth-order valence-corrected chi connectivity index (χ4v) is 3.25. The number of carbonyl (C=O) groups is 1. The number of nitrogens with one attached hydrogen (secondary N) is 3. The Kier molecular flexibility index (Phi) is 6.31. The minimum absolute atomic E-state index is 0.261. The van der Waals surface area contributed by atoms with Crippen LogP contribution in [0.2, 0.25) is 5.02 Å². The Bertz CT molecular complexity index is 679. The van der Waals surface area contributed by atoms with Crippen molar-refractivity contribution >= 4 is 29.0 Å². The minimum atomic E-state index is -0.261. The second kappa shape index (κ2) is 8.88. The van der Waals surface area contributed by atoms with Crippen molar-refractivity contribution in [2.24, 2.45) is 5.92 Å². The van der Waals surface area contributed by atoms with Crippen LogP contribution in [0.3, 0.4) is 0 Å². The molecule has 3 rings (SSSR count). The Hall–Kier alpha value is -2.04. The summed E-state index contributed by atoms with van der Waals surface area (Å²) in [6.45, 7) is 2.31. The Morgan fingerprint density at radius 2 is 1.68 bits per heavy atom. The Balaban J connectivity index is 1.46. The lowest BCUT2D eigenvalue weighted by Gasteiger charge is -2.22. The molecule has 1 aliphatic rings. The monoisotopic (exact) mass is 357 g/mol. The quantitative estimate of drug-likeness (QED) is 0.711. The van der Waals surface area contributed by atoms with Crippen LogP contribution in [0.25, 0.3) is 0 Å². The SMILES string of the molecule is O=C(Nc1ccc(Cl)cc1)Nc1ccc(CCC2CCCNC2)cc1. The summed E-state index contributed by atoms with van der Waals surface area (Å²) in [6.07, 6.45) is 4.92. The molecule has 0 aromatic heterocycles. The van der Waals surface area contributed by atoms with Crippen LogP contribution in [-0.4, -0.2) is 19.1 Å². The van der Waals surface area contributed by atoms with Gasteiger partial charge in [-0.1, -0.05) is 23.7 Å². The molecule has 132 valence electrons. The average Bonchev–Trinajstić information content (AvgIpc) is 2.64. The van der Waals surface area contributed by atoms with Gasteiger partial charge in [-0.05, 0) is 86.7 Å². The number of hydrogen-bond donors (Lipinski definition) is 3. The summed E-state index contributed by atoms with van der Waals surface area (Å²) in [4.78, 5) is 12.0. The van der Waals surface area contributed by atoms with Gasteiger partial charge in [-0.3, -0.25) is 0 Å². The average molecular weight is 358 g/mol. The van der Waals surface area contributed by atoms with Gasteiger partial charge in [-0.15, -0.1) is 0 Å². The van der Waals surface area contributed by atoms with Gasteiger partial charge in [0.1, 0.15) is 0 Å². The molecular weight excluding hydrogens is 334 g/mol. The maximum Gasteiger partial charge on any atom is 0.323 e. The Morgan fingerprint density at radius 1 is 1.04 bits per heavy atom. The number of anilines is 2. The van der Waals surface area contributed by atoms with E-state index in [2.05, 4.69) is 28.1 Å². The van der Waals surface area contributed by atoms with Crippen LogP contribution in [0.15, 0.2) is 48.5 Å². The number of benzene rings is 2. The second-order valence-corrected chi connectivity index (χ2v) is 6.97. The molecule has 0 aliphatic carbocycles. The van der Waals surface area contributed by atoms with Crippen molar-refractivity contribution in [2.45, 2.75) is 25.7 Å². The first-order valence-electron chi connectivity index (χ1n) is 8.82. The molecule has 1 atom stereocenters. The summed E-state index contributed by atoms with van der Waals surface area (Å²) in [5, 5.41) is 9.74. The molecule has 3 N–H and O–H groups in total. The first kappa shape index (κ1) is 17.8. The number of urea groups is 1. The number of rotatable bonds is 5. The maximum absolute atomic E-state index is 12.0. The zero-order valence-electron chi connectivity index (χ0n) is 14.2. The van der Waals surface area contributed by atoms with Gasteiger partial charge in [-0.2, -0.15) is 0 Å². The van der Waals surface area contributed by atoms with Crippen LogP contribution < -0.4 is 16.0 Å². The fourth-order valence-electron chi connectivity index (χ4n) is 3.12. The predicted molar refractivity (Wildman–Crippen MR) is 104 cm³/mol. The lowest BCUT2D eigenvalue weighted by Crippen LogP contribution is -2.29. The van der Waals surface area contributed by atoms with E-state index in [1.165, 1.54) is 24.8 Å². The largest absolute Gasteiger partial charge is 0.323 e. The molecule has 1 heterocycles. The van der Waals surface area contributed by atoms with E-state index in [9.17, 15) is 4.79 Å². The van der Waals surface area contributed by atoms with Gasteiger partial charge in [0.15, 0.2) is 0 Å². The molecule has 1 unspecified atom stereocenters. The van der Waals surface area contributed by atoms with E-state index in [1.807, 2.05) is 12.1 Å². The van der Waals surface area contributed by atoms with Crippen molar-refractivity contribution in [3.8, 4) is 0 Å². The fraction of sp³-hybridized carbons (Fsp3) is 0.350. The van der Waals surface area contributed by atoms with Crippen molar-refractivity contribution in [3.63, 3.8) is 0 Å². The number of amides is 2. The smallest absolute Gasteiger partial charge is 0.316 e. The topological polar surface area (TPSA) is 53.2 Å². The van der Waals surface area contributed by atoms with Gasteiger partial charge >= 0.3 is 6.03 Å². The van der Waals surface area contributed by atoms with Gasteiger partial charge in [0.2, 0.25) is 0 Å². The molecule has 0 saturated carbocycles. The molecule has 1 saturated heterocycles. The Labute approximate surface area is 154 Å².